The summed E-state index contributed by atoms with van der Waals surface area (Å²) in [5.74, 6) is -0.961. The van der Waals surface area contributed by atoms with Crippen LogP contribution in [0.2, 0.25) is 0 Å². The molecule has 1 aromatic carbocycles. The molecular formula is C30H38F3N5O5. The van der Waals surface area contributed by atoms with E-state index < -0.39 is 12.1 Å². The Morgan fingerprint density at radius 3 is 2.12 bits per heavy atom. The van der Waals surface area contributed by atoms with E-state index in [-0.39, 0.29) is 23.8 Å². The Morgan fingerprint density at radius 1 is 1.02 bits per heavy atom. The van der Waals surface area contributed by atoms with Crippen molar-refractivity contribution in [3.8, 4) is 0 Å². The van der Waals surface area contributed by atoms with E-state index in [0.717, 1.165) is 62.5 Å². The van der Waals surface area contributed by atoms with Crippen molar-refractivity contribution in [2.24, 2.45) is 17.8 Å². The number of halogens is 3. The van der Waals surface area contributed by atoms with Crippen LogP contribution in [0.15, 0.2) is 30.3 Å². The summed E-state index contributed by atoms with van der Waals surface area (Å²) in [6, 6.07) is 10.2. The molecule has 3 aliphatic rings. The van der Waals surface area contributed by atoms with Crippen molar-refractivity contribution < 1.29 is 37.4 Å². The van der Waals surface area contributed by atoms with Crippen LogP contribution < -0.4 is 5.32 Å². The van der Waals surface area contributed by atoms with Crippen LogP contribution in [0.25, 0.3) is 0 Å². The summed E-state index contributed by atoms with van der Waals surface area (Å²) in [6.45, 7) is 11.3. The van der Waals surface area contributed by atoms with Gasteiger partial charge in [0.1, 0.15) is 5.82 Å². The number of likely N-dealkylation sites (tertiary alicyclic amines) is 2. The second-order valence-electron chi connectivity index (χ2n) is 11.4. The number of aliphatic carboxylic acids is 1. The number of amides is 2. The molecule has 4 heterocycles. The quantitative estimate of drug-likeness (QED) is 0.493. The summed E-state index contributed by atoms with van der Waals surface area (Å²) < 4.78 is 37.2. The fourth-order valence-electron chi connectivity index (χ4n) is 6.14. The second kappa shape index (κ2) is 13.8. The number of hydrogen-bond donors (Lipinski definition) is 2. The van der Waals surface area contributed by atoms with Crippen LogP contribution in [-0.2, 0) is 14.3 Å². The molecule has 0 aliphatic carbocycles. The normalized spacial score (nSPS) is 22.5. The van der Waals surface area contributed by atoms with Crippen molar-refractivity contribution in [1.29, 1.82) is 0 Å². The third kappa shape index (κ3) is 8.29. The molecule has 3 saturated heterocycles. The van der Waals surface area contributed by atoms with Crippen molar-refractivity contribution in [3.63, 3.8) is 0 Å². The number of fused-ring (bicyclic) bond motifs is 1. The molecule has 3 fully saturated rings. The zero-order valence-corrected chi connectivity index (χ0v) is 24.6. The highest BCUT2D eigenvalue weighted by Crippen LogP contribution is 2.33. The molecule has 234 valence electrons. The Balaban J connectivity index is 0.000000541. The van der Waals surface area contributed by atoms with Gasteiger partial charge < -0.3 is 25.0 Å². The smallest absolute Gasteiger partial charge is 0.475 e. The summed E-state index contributed by atoms with van der Waals surface area (Å²) in [5.41, 5.74) is 3.34. The van der Waals surface area contributed by atoms with Crippen molar-refractivity contribution >= 4 is 17.8 Å². The van der Waals surface area contributed by atoms with Crippen molar-refractivity contribution in [1.82, 2.24) is 25.1 Å². The van der Waals surface area contributed by atoms with Crippen LogP contribution in [0.3, 0.4) is 0 Å². The van der Waals surface area contributed by atoms with Crippen LogP contribution in [0.4, 0.5) is 13.2 Å². The molecule has 3 aliphatic heterocycles. The third-order valence-corrected chi connectivity index (χ3v) is 8.24. The highest BCUT2D eigenvalue weighted by molar-refractivity contribution is 5.96. The lowest BCUT2D eigenvalue weighted by Gasteiger charge is -2.26. The van der Waals surface area contributed by atoms with Crippen molar-refractivity contribution in [3.05, 3.63) is 58.7 Å². The molecule has 0 bridgehead atoms. The minimum atomic E-state index is -5.08. The van der Waals surface area contributed by atoms with Crippen LogP contribution >= 0.6 is 0 Å². The first-order chi connectivity index (χ1) is 20.3. The second-order valence-corrected chi connectivity index (χ2v) is 11.4. The van der Waals surface area contributed by atoms with Gasteiger partial charge in [0.2, 0.25) is 5.91 Å². The molecular weight excluding hydrogens is 567 g/mol. The number of aromatic nitrogens is 2. The Morgan fingerprint density at radius 2 is 1.60 bits per heavy atom. The monoisotopic (exact) mass is 605 g/mol. The summed E-state index contributed by atoms with van der Waals surface area (Å²) in [4.78, 5) is 48.3. The minimum Gasteiger partial charge on any atom is -0.475 e. The predicted molar refractivity (Wildman–Crippen MR) is 150 cm³/mol. The standard InChI is InChI=1S/C28H37N5O3.C2HF3O2/c1-18-26(19(2)30-20(3)29-18)28(35)33-15-23-13-32(14-24(23)16-33)11-9-25(21-7-5-4-6-8-21)31-27(34)22-10-12-36-17-22;3-2(4,5)1(6)7/h4-8,22-25H,9-17H2,1-3H3,(H,31,34);(H,6,7)/t22?,23?,24?,25-;/m0./s1. The van der Waals surface area contributed by atoms with Crippen LogP contribution in [0.5, 0.6) is 0 Å². The SMILES string of the molecule is Cc1nc(C)c(C(=O)N2CC3CN(CC[C@H](NC(=O)C4CCOC4)c4ccccc4)CC3C2)c(C)n1.O=C(O)C(F)(F)F. The number of nitrogens with zero attached hydrogens (tertiary/aromatic N) is 4. The molecule has 2 N–H and O–H groups in total. The maximum atomic E-state index is 13.3. The fraction of sp³-hybridized carbons (Fsp3) is 0.567. The minimum absolute atomic E-state index is 0.00898. The van der Waals surface area contributed by atoms with Gasteiger partial charge in [0.25, 0.3) is 5.91 Å². The summed E-state index contributed by atoms with van der Waals surface area (Å²) >= 11 is 0. The van der Waals surface area contributed by atoms with Gasteiger partial charge in [-0.3, -0.25) is 9.59 Å². The maximum absolute atomic E-state index is 13.3. The van der Waals surface area contributed by atoms with E-state index in [4.69, 9.17) is 14.6 Å². The number of aryl methyl sites for hydroxylation is 3. The number of carbonyl (C=O) groups excluding carboxylic acids is 2. The van der Waals surface area contributed by atoms with E-state index in [1.807, 2.05) is 43.9 Å². The summed E-state index contributed by atoms with van der Waals surface area (Å²) in [7, 11) is 0. The summed E-state index contributed by atoms with van der Waals surface area (Å²) in [5, 5.41) is 10.4. The molecule has 5 rings (SSSR count). The van der Waals surface area contributed by atoms with E-state index in [2.05, 4.69) is 32.3 Å². The number of benzene rings is 1. The van der Waals surface area contributed by atoms with Crippen LogP contribution in [-0.4, -0.2) is 94.8 Å². The van der Waals surface area contributed by atoms with Crippen molar-refractivity contribution in [2.45, 2.75) is 45.8 Å². The van der Waals surface area contributed by atoms with Gasteiger partial charge >= 0.3 is 12.1 Å². The third-order valence-electron chi connectivity index (χ3n) is 8.24. The number of carboxylic acid groups (broad SMARTS) is 1. The lowest BCUT2D eigenvalue weighted by Crippen LogP contribution is -2.37. The molecule has 4 atom stereocenters. The first-order valence-electron chi connectivity index (χ1n) is 14.4. The fourth-order valence-corrected chi connectivity index (χ4v) is 6.14. The molecule has 13 heteroatoms. The lowest BCUT2D eigenvalue weighted by atomic mass is 10.0. The van der Waals surface area contributed by atoms with Gasteiger partial charge in [-0.1, -0.05) is 30.3 Å². The Kier molecular flexibility index (Phi) is 10.4. The van der Waals surface area contributed by atoms with Crippen molar-refractivity contribution in [2.75, 3.05) is 45.9 Å². The first-order valence-corrected chi connectivity index (χ1v) is 14.4. The summed E-state index contributed by atoms with van der Waals surface area (Å²) in [6.07, 6.45) is -3.42. The van der Waals surface area contributed by atoms with Crippen LogP contribution in [0.1, 0.15) is 52.0 Å². The Labute approximate surface area is 248 Å². The highest BCUT2D eigenvalue weighted by Gasteiger charge is 2.42. The molecule has 3 unspecified atom stereocenters. The number of hydrogen-bond acceptors (Lipinski definition) is 7. The van der Waals surface area contributed by atoms with Gasteiger partial charge in [-0.05, 0) is 51.0 Å². The van der Waals surface area contributed by atoms with E-state index in [9.17, 15) is 22.8 Å². The number of alkyl halides is 3. The highest BCUT2D eigenvalue weighted by atomic mass is 19.4. The first kappa shape index (κ1) is 32.3. The zero-order chi connectivity index (χ0) is 31.3. The van der Waals surface area contributed by atoms with E-state index in [0.29, 0.717) is 36.4 Å². The van der Waals surface area contributed by atoms with Gasteiger partial charge in [0.15, 0.2) is 0 Å². The van der Waals surface area contributed by atoms with E-state index in [1.165, 1.54) is 0 Å². The molecule has 0 saturated carbocycles. The van der Waals surface area contributed by atoms with Crippen LogP contribution in [0, 0.1) is 38.5 Å². The van der Waals surface area contributed by atoms with Gasteiger partial charge in [-0.15, -0.1) is 0 Å². The molecule has 0 radical (unpaired) electrons. The van der Waals surface area contributed by atoms with E-state index >= 15 is 0 Å². The van der Waals surface area contributed by atoms with Gasteiger partial charge in [-0.25, -0.2) is 14.8 Å². The molecule has 10 nitrogen and oxygen atoms in total. The number of nitrogens with one attached hydrogen (secondary N) is 1. The topological polar surface area (TPSA) is 125 Å². The Hall–Kier alpha value is -3.58. The largest absolute Gasteiger partial charge is 0.490 e. The lowest BCUT2D eigenvalue weighted by molar-refractivity contribution is -0.192. The van der Waals surface area contributed by atoms with E-state index in [1.54, 1.807) is 0 Å². The van der Waals surface area contributed by atoms with Gasteiger partial charge in [-0.2, -0.15) is 13.2 Å². The maximum Gasteiger partial charge on any atom is 0.490 e. The molecule has 1 aromatic heterocycles. The average molecular weight is 606 g/mol. The zero-order valence-electron chi connectivity index (χ0n) is 24.6. The number of carboxylic acids is 1. The predicted octanol–water partition coefficient (Wildman–Crippen LogP) is 3.32. The molecule has 2 aromatic rings. The Bertz CT molecular complexity index is 1270. The number of rotatable bonds is 7. The average Bonchev–Trinajstić information content (AvgIpc) is 3.68. The van der Waals surface area contributed by atoms with Gasteiger partial charge in [0, 0.05) is 39.3 Å². The van der Waals surface area contributed by atoms with Gasteiger partial charge in [0.05, 0.1) is 35.5 Å². The molecule has 0 spiro atoms. The number of carbonyl (C=O) groups is 3. The number of ether oxygens (including phenoxy) is 1. The molecule has 2 amide bonds. The molecule has 43 heavy (non-hydrogen) atoms.